The van der Waals surface area contributed by atoms with Crippen molar-refractivity contribution in [3.63, 3.8) is 0 Å². The first-order valence-electron chi connectivity index (χ1n) is 5.73. The largest absolute Gasteiger partial charge is 0.399 e. The molecule has 0 bridgehead atoms. The van der Waals surface area contributed by atoms with E-state index in [4.69, 9.17) is 17.3 Å². The molecule has 0 unspecified atom stereocenters. The molecule has 1 heterocycles. The maximum Gasteiger partial charge on any atom is 0.228 e. The summed E-state index contributed by atoms with van der Waals surface area (Å²) in [6, 6.07) is 4.82. The molecule has 0 amide bonds. The molecule has 94 valence electrons. The number of rotatable bonds is 4. The number of aryl methyl sites for hydroxylation is 1. The maximum atomic E-state index is 12.3. The highest BCUT2D eigenvalue weighted by Crippen LogP contribution is 2.19. The van der Waals surface area contributed by atoms with Gasteiger partial charge in [0, 0.05) is 35.2 Å². The highest BCUT2D eigenvalue weighted by molar-refractivity contribution is 6.31. The Morgan fingerprint density at radius 1 is 1.44 bits per heavy atom. The number of hydrogen-bond donors (Lipinski definition) is 1. The van der Waals surface area contributed by atoms with Crippen LogP contribution in [0.15, 0.2) is 30.6 Å². The molecule has 4 nitrogen and oxygen atoms in total. The lowest BCUT2D eigenvalue weighted by Crippen LogP contribution is -2.11. The zero-order chi connectivity index (χ0) is 13.1. The molecule has 0 fully saturated rings. The molecule has 2 aromatic rings. The number of aromatic nitrogens is 2. The molecule has 1 aromatic carbocycles. The number of carbonyl (C=O) groups is 1. The van der Waals surface area contributed by atoms with Crippen LogP contribution in [-0.4, -0.2) is 15.3 Å². The molecular weight excluding hydrogens is 250 g/mol. The van der Waals surface area contributed by atoms with E-state index in [1.54, 1.807) is 30.6 Å². The van der Waals surface area contributed by atoms with Crippen molar-refractivity contribution in [1.29, 1.82) is 0 Å². The summed E-state index contributed by atoms with van der Waals surface area (Å²) in [5.41, 5.74) is 6.62. The summed E-state index contributed by atoms with van der Waals surface area (Å²) < 4.78 is 1.83. The molecule has 0 spiro atoms. The van der Waals surface area contributed by atoms with Gasteiger partial charge < -0.3 is 10.3 Å². The van der Waals surface area contributed by atoms with E-state index in [-0.39, 0.29) is 5.78 Å². The van der Waals surface area contributed by atoms with Gasteiger partial charge in [-0.1, -0.05) is 18.5 Å². The second-order valence-electron chi connectivity index (χ2n) is 4.05. The molecule has 0 radical (unpaired) electrons. The number of anilines is 1. The highest BCUT2D eigenvalue weighted by Gasteiger charge is 2.15. The third-order valence-corrected chi connectivity index (χ3v) is 2.78. The predicted molar refractivity (Wildman–Crippen MR) is 71.8 cm³/mol. The molecule has 1 aromatic heterocycles. The average Bonchev–Trinajstić information content (AvgIpc) is 2.75. The van der Waals surface area contributed by atoms with E-state index in [1.807, 2.05) is 11.5 Å². The summed E-state index contributed by atoms with van der Waals surface area (Å²) in [5.74, 6) is 0.251. The minimum absolute atomic E-state index is 0.164. The van der Waals surface area contributed by atoms with E-state index in [0.29, 0.717) is 22.1 Å². The first-order chi connectivity index (χ1) is 8.61. The highest BCUT2D eigenvalue weighted by atomic mass is 35.5. The Hall–Kier alpha value is -1.81. The van der Waals surface area contributed by atoms with Gasteiger partial charge in [0.1, 0.15) is 0 Å². The first-order valence-corrected chi connectivity index (χ1v) is 6.11. The minimum Gasteiger partial charge on any atom is -0.399 e. The van der Waals surface area contributed by atoms with E-state index >= 15 is 0 Å². The van der Waals surface area contributed by atoms with Gasteiger partial charge >= 0.3 is 0 Å². The van der Waals surface area contributed by atoms with Gasteiger partial charge in [-0.2, -0.15) is 0 Å². The molecule has 0 aliphatic rings. The van der Waals surface area contributed by atoms with E-state index in [2.05, 4.69) is 4.98 Å². The molecule has 18 heavy (non-hydrogen) atoms. The van der Waals surface area contributed by atoms with Gasteiger partial charge in [-0.3, -0.25) is 4.79 Å². The second-order valence-corrected chi connectivity index (χ2v) is 4.48. The van der Waals surface area contributed by atoms with E-state index in [1.165, 1.54) is 0 Å². The van der Waals surface area contributed by atoms with Crippen LogP contribution in [0, 0.1) is 0 Å². The maximum absolute atomic E-state index is 12.3. The van der Waals surface area contributed by atoms with Gasteiger partial charge in [-0.25, -0.2) is 4.98 Å². The molecule has 5 heteroatoms. The lowest BCUT2D eigenvalue weighted by molar-refractivity contribution is 0.102. The van der Waals surface area contributed by atoms with Crippen molar-refractivity contribution in [1.82, 2.24) is 9.55 Å². The smallest absolute Gasteiger partial charge is 0.228 e. The summed E-state index contributed by atoms with van der Waals surface area (Å²) in [6.45, 7) is 2.81. The summed E-state index contributed by atoms with van der Waals surface area (Å²) in [5, 5.41) is 0.451. The Balaban J connectivity index is 2.38. The molecule has 2 rings (SSSR count). The SMILES string of the molecule is CCCn1ccnc1C(=O)c1cc(N)cc(Cl)c1. The molecule has 2 N–H and O–H groups in total. The number of nitrogens with zero attached hydrogens (tertiary/aromatic N) is 2. The topological polar surface area (TPSA) is 60.9 Å². The predicted octanol–water partition coefficient (Wildman–Crippen LogP) is 2.76. The number of imidazole rings is 1. The number of carbonyl (C=O) groups excluding carboxylic acids is 1. The van der Waals surface area contributed by atoms with Gasteiger partial charge in [-0.15, -0.1) is 0 Å². The van der Waals surface area contributed by atoms with Crippen LogP contribution in [0.3, 0.4) is 0 Å². The Morgan fingerprint density at radius 2 is 2.22 bits per heavy atom. The molecular formula is C13H14ClN3O. The molecule has 0 aliphatic heterocycles. The monoisotopic (exact) mass is 263 g/mol. The van der Waals surface area contributed by atoms with Crippen molar-refractivity contribution in [3.8, 4) is 0 Å². The van der Waals surface area contributed by atoms with Gasteiger partial charge in [0.05, 0.1) is 0 Å². The fourth-order valence-electron chi connectivity index (χ4n) is 1.81. The first kappa shape index (κ1) is 12.6. The van der Waals surface area contributed by atoms with Gasteiger partial charge in [-0.05, 0) is 24.6 Å². The van der Waals surface area contributed by atoms with E-state index in [9.17, 15) is 4.79 Å². The number of hydrogen-bond acceptors (Lipinski definition) is 3. The van der Waals surface area contributed by atoms with E-state index in [0.717, 1.165) is 13.0 Å². The number of benzene rings is 1. The van der Waals surface area contributed by atoms with Gasteiger partial charge in [0.25, 0.3) is 0 Å². The number of halogens is 1. The minimum atomic E-state index is -0.164. The Bertz CT molecular complexity index is 557. The van der Waals surface area contributed by atoms with Crippen LogP contribution in [0.25, 0.3) is 0 Å². The summed E-state index contributed by atoms with van der Waals surface area (Å²) in [7, 11) is 0. The molecule has 0 saturated carbocycles. The van der Waals surface area contributed by atoms with Crippen LogP contribution in [0.5, 0.6) is 0 Å². The Morgan fingerprint density at radius 3 is 2.89 bits per heavy atom. The van der Waals surface area contributed by atoms with Crippen LogP contribution in [0.1, 0.15) is 29.5 Å². The standard InChI is InChI=1S/C13H14ClN3O/c1-2-4-17-5-3-16-13(17)12(18)9-6-10(14)8-11(15)7-9/h3,5-8H,2,4,15H2,1H3. The fraction of sp³-hybridized carbons (Fsp3) is 0.231. The number of ketones is 1. The van der Waals surface area contributed by atoms with Crippen molar-refractivity contribution >= 4 is 23.1 Å². The quantitative estimate of drug-likeness (QED) is 0.682. The normalized spacial score (nSPS) is 10.6. The second kappa shape index (κ2) is 5.23. The molecule has 0 saturated heterocycles. The van der Waals surface area contributed by atoms with E-state index < -0.39 is 0 Å². The van der Waals surface area contributed by atoms with Crippen molar-refractivity contribution < 1.29 is 4.79 Å². The van der Waals surface area contributed by atoms with Crippen molar-refractivity contribution in [2.45, 2.75) is 19.9 Å². The van der Waals surface area contributed by atoms with Crippen LogP contribution in [0.2, 0.25) is 5.02 Å². The van der Waals surface area contributed by atoms with Crippen LogP contribution < -0.4 is 5.73 Å². The third kappa shape index (κ3) is 2.54. The third-order valence-electron chi connectivity index (χ3n) is 2.57. The summed E-state index contributed by atoms with van der Waals surface area (Å²) in [4.78, 5) is 16.4. The van der Waals surface area contributed by atoms with Gasteiger partial charge in [0.2, 0.25) is 5.78 Å². The van der Waals surface area contributed by atoms with Crippen LogP contribution in [-0.2, 0) is 6.54 Å². The summed E-state index contributed by atoms with van der Waals surface area (Å²) >= 11 is 5.90. The van der Waals surface area contributed by atoms with Crippen LogP contribution in [0.4, 0.5) is 5.69 Å². The Kier molecular flexibility index (Phi) is 3.67. The van der Waals surface area contributed by atoms with Crippen molar-refractivity contribution in [2.24, 2.45) is 0 Å². The van der Waals surface area contributed by atoms with Crippen molar-refractivity contribution in [2.75, 3.05) is 5.73 Å². The fourth-order valence-corrected chi connectivity index (χ4v) is 2.06. The Labute approximate surface area is 110 Å². The zero-order valence-electron chi connectivity index (χ0n) is 10.1. The molecule has 0 aliphatic carbocycles. The lowest BCUT2D eigenvalue weighted by atomic mass is 10.1. The van der Waals surface area contributed by atoms with Crippen LogP contribution >= 0.6 is 11.6 Å². The van der Waals surface area contributed by atoms with Gasteiger partial charge in [0.15, 0.2) is 5.82 Å². The van der Waals surface area contributed by atoms with Crippen molar-refractivity contribution in [3.05, 3.63) is 47.0 Å². The number of nitrogens with two attached hydrogens (primary N) is 1. The zero-order valence-corrected chi connectivity index (χ0v) is 10.8. The number of nitrogen functional groups attached to an aromatic ring is 1. The lowest BCUT2D eigenvalue weighted by Gasteiger charge is -2.06. The average molecular weight is 264 g/mol. The summed E-state index contributed by atoms with van der Waals surface area (Å²) in [6.07, 6.45) is 4.36. The molecule has 0 atom stereocenters.